The van der Waals surface area contributed by atoms with Crippen LogP contribution in [-0.2, 0) is 0 Å². The van der Waals surface area contributed by atoms with E-state index in [0.717, 1.165) is 6.42 Å². The van der Waals surface area contributed by atoms with Gasteiger partial charge in [-0.3, -0.25) is 0 Å². The van der Waals surface area contributed by atoms with E-state index < -0.39 is 0 Å². The van der Waals surface area contributed by atoms with E-state index in [1.54, 1.807) is 0 Å². The predicted molar refractivity (Wildman–Crippen MR) is 44.5 cm³/mol. The van der Waals surface area contributed by atoms with Gasteiger partial charge in [0.1, 0.15) is 0 Å². The summed E-state index contributed by atoms with van der Waals surface area (Å²) in [5, 5.41) is 0. The zero-order chi connectivity index (χ0) is 7.70. The third-order valence-electron chi connectivity index (χ3n) is 0.671. The second kappa shape index (κ2) is 10.9. The molecule has 0 unspecified atom stereocenters. The maximum absolute atomic E-state index is 3.49. The van der Waals surface area contributed by atoms with Crippen molar-refractivity contribution in [2.45, 2.75) is 26.7 Å². The van der Waals surface area contributed by atoms with Crippen LogP contribution in [0.25, 0.3) is 0 Å². The highest BCUT2D eigenvalue weighted by atomic mass is 15.0. The Bertz CT molecular complexity index is 33.5. The first kappa shape index (κ1) is 11.7. The van der Waals surface area contributed by atoms with Crippen LogP contribution in [0, 0.1) is 6.92 Å². The minimum absolute atomic E-state index is 1.00. The molecule has 0 aromatic carbocycles. The molecule has 0 bridgehead atoms. The van der Waals surface area contributed by atoms with Crippen LogP contribution in [0.3, 0.4) is 0 Å². The lowest BCUT2D eigenvalue weighted by atomic mass is 10.5. The maximum Gasteiger partial charge on any atom is -0.00275 e. The van der Waals surface area contributed by atoms with E-state index in [4.69, 9.17) is 0 Å². The van der Waals surface area contributed by atoms with E-state index >= 15 is 0 Å². The Morgan fingerprint density at radius 3 is 1.56 bits per heavy atom. The zero-order valence-corrected chi connectivity index (χ0v) is 7.28. The van der Waals surface area contributed by atoms with Crippen LogP contribution in [0.2, 0.25) is 0 Å². The third-order valence-corrected chi connectivity index (χ3v) is 0.671. The zero-order valence-electron chi connectivity index (χ0n) is 7.28. The molecular weight excluding hydrogens is 110 g/mol. The Labute approximate surface area is 60.1 Å². The molecule has 0 saturated heterocycles. The molecule has 9 heavy (non-hydrogen) atoms. The fraction of sp³-hybridized carbons (Fsp3) is 0.875. The SMILES string of the molecule is CCCN(C)C.[CH2]CC. The summed E-state index contributed by atoms with van der Waals surface area (Å²) in [5.41, 5.74) is 0. The topological polar surface area (TPSA) is 3.24 Å². The summed E-state index contributed by atoms with van der Waals surface area (Å²) >= 11 is 0. The number of hydrogen-bond acceptors (Lipinski definition) is 1. The molecule has 0 heterocycles. The van der Waals surface area contributed by atoms with Crippen LogP contribution in [-0.4, -0.2) is 25.5 Å². The molecule has 57 valence electrons. The molecule has 0 saturated carbocycles. The van der Waals surface area contributed by atoms with Crippen LogP contribution in [0.15, 0.2) is 0 Å². The van der Waals surface area contributed by atoms with Gasteiger partial charge in [-0.25, -0.2) is 0 Å². The average molecular weight is 130 g/mol. The second-order valence-electron chi connectivity index (χ2n) is 2.30. The standard InChI is InChI=1S/C5H13N.C3H7/c1-4-5-6(2)3;1-3-2/h4-5H2,1-3H3;1,3H2,2H3. The summed E-state index contributed by atoms with van der Waals surface area (Å²) < 4.78 is 0. The number of rotatable bonds is 2. The van der Waals surface area contributed by atoms with E-state index in [2.05, 4.69) is 32.8 Å². The molecule has 0 aromatic rings. The number of hydrogen-bond donors (Lipinski definition) is 0. The van der Waals surface area contributed by atoms with Crippen molar-refractivity contribution in [3.05, 3.63) is 6.92 Å². The fourth-order valence-electron chi connectivity index (χ4n) is 0.447. The summed E-state index contributed by atoms with van der Waals surface area (Å²) in [6.45, 7) is 8.89. The molecule has 0 fully saturated rings. The summed E-state index contributed by atoms with van der Waals surface area (Å²) in [4.78, 5) is 2.18. The smallest absolute Gasteiger partial charge is 0.00275 e. The molecule has 0 spiro atoms. The molecule has 1 heteroatoms. The predicted octanol–water partition coefficient (Wildman–Crippen LogP) is 2.19. The van der Waals surface area contributed by atoms with Crippen molar-refractivity contribution in [3.63, 3.8) is 0 Å². The minimum Gasteiger partial charge on any atom is -0.309 e. The fourth-order valence-corrected chi connectivity index (χ4v) is 0.447. The van der Waals surface area contributed by atoms with Crippen LogP contribution >= 0.6 is 0 Å². The van der Waals surface area contributed by atoms with Crippen molar-refractivity contribution in [1.29, 1.82) is 0 Å². The minimum atomic E-state index is 1.00. The first-order valence-corrected chi connectivity index (χ1v) is 3.62. The summed E-state index contributed by atoms with van der Waals surface area (Å²) in [5.74, 6) is 0. The second-order valence-corrected chi connectivity index (χ2v) is 2.30. The lowest BCUT2D eigenvalue weighted by Crippen LogP contribution is -2.11. The van der Waals surface area contributed by atoms with E-state index in [0.29, 0.717) is 0 Å². The Morgan fingerprint density at radius 1 is 1.22 bits per heavy atom. The highest BCUT2D eigenvalue weighted by molar-refractivity contribution is 4.34. The highest BCUT2D eigenvalue weighted by Crippen LogP contribution is 1.76. The number of nitrogens with zero attached hydrogens (tertiary/aromatic N) is 1. The van der Waals surface area contributed by atoms with Gasteiger partial charge in [-0.05, 0) is 27.1 Å². The lowest BCUT2D eigenvalue weighted by Gasteiger charge is -2.03. The van der Waals surface area contributed by atoms with Gasteiger partial charge < -0.3 is 4.90 Å². The van der Waals surface area contributed by atoms with E-state index in [1.807, 2.05) is 6.92 Å². The monoisotopic (exact) mass is 130 g/mol. The van der Waals surface area contributed by atoms with Crippen LogP contribution in [0.4, 0.5) is 0 Å². The van der Waals surface area contributed by atoms with Crippen molar-refractivity contribution in [2.75, 3.05) is 20.6 Å². The van der Waals surface area contributed by atoms with Gasteiger partial charge in [-0.1, -0.05) is 27.2 Å². The largest absolute Gasteiger partial charge is 0.309 e. The van der Waals surface area contributed by atoms with Crippen molar-refractivity contribution >= 4 is 0 Å². The van der Waals surface area contributed by atoms with Crippen LogP contribution in [0.5, 0.6) is 0 Å². The normalized spacial score (nSPS) is 8.67. The van der Waals surface area contributed by atoms with Gasteiger partial charge in [-0.2, -0.15) is 0 Å². The molecule has 0 rings (SSSR count). The molecular formula is C8H20N. The first-order chi connectivity index (χ1) is 4.18. The van der Waals surface area contributed by atoms with Gasteiger partial charge >= 0.3 is 0 Å². The van der Waals surface area contributed by atoms with Gasteiger partial charge in [0, 0.05) is 0 Å². The molecule has 0 aliphatic heterocycles. The van der Waals surface area contributed by atoms with E-state index in [9.17, 15) is 0 Å². The Hall–Kier alpha value is -0.0400. The van der Waals surface area contributed by atoms with Crippen molar-refractivity contribution in [2.24, 2.45) is 0 Å². The molecule has 0 aliphatic rings. The van der Waals surface area contributed by atoms with Gasteiger partial charge in [0.05, 0.1) is 0 Å². The molecule has 0 N–H and O–H groups in total. The van der Waals surface area contributed by atoms with Gasteiger partial charge in [-0.15, -0.1) is 0 Å². The quantitative estimate of drug-likeness (QED) is 0.554. The highest BCUT2D eigenvalue weighted by Gasteiger charge is 1.79. The molecule has 0 amide bonds. The van der Waals surface area contributed by atoms with Gasteiger partial charge in [0.2, 0.25) is 0 Å². The van der Waals surface area contributed by atoms with Gasteiger partial charge in [0.15, 0.2) is 0 Å². The van der Waals surface area contributed by atoms with Crippen LogP contribution < -0.4 is 0 Å². The maximum atomic E-state index is 3.49. The summed E-state index contributed by atoms with van der Waals surface area (Å²) in [6.07, 6.45) is 2.26. The van der Waals surface area contributed by atoms with Crippen LogP contribution in [0.1, 0.15) is 26.7 Å². The summed E-state index contributed by atoms with van der Waals surface area (Å²) in [6, 6.07) is 0. The lowest BCUT2D eigenvalue weighted by molar-refractivity contribution is 0.408. The van der Waals surface area contributed by atoms with E-state index in [-0.39, 0.29) is 0 Å². The molecule has 1 nitrogen and oxygen atoms in total. The average Bonchev–Trinajstić information content (AvgIpc) is 1.67. The van der Waals surface area contributed by atoms with Crippen molar-refractivity contribution < 1.29 is 0 Å². The molecule has 0 aliphatic carbocycles. The Kier molecular flexibility index (Phi) is 14.1. The summed E-state index contributed by atoms with van der Waals surface area (Å²) in [7, 11) is 4.17. The first-order valence-electron chi connectivity index (χ1n) is 3.62. The molecule has 1 radical (unpaired) electrons. The van der Waals surface area contributed by atoms with Crippen molar-refractivity contribution in [1.82, 2.24) is 4.90 Å². The Balaban J connectivity index is 0. The third kappa shape index (κ3) is 32.3. The van der Waals surface area contributed by atoms with E-state index in [1.165, 1.54) is 13.0 Å². The molecule has 0 atom stereocenters. The molecule has 0 aromatic heterocycles. The van der Waals surface area contributed by atoms with Gasteiger partial charge in [0.25, 0.3) is 0 Å². The van der Waals surface area contributed by atoms with Crippen molar-refractivity contribution in [3.8, 4) is 0 Å². The Morgan fingerprint density at radius 2 is 1.56 bits per heavy atom.